The average Bonchev–Trinajstić information content (AvgIpc) is 2.99. The molecule has 0 aliphatic rings. The van der Waals surface area contributed by atoms with E-state index in [2.05, 4.69) is 39.4 Å². The number of hydrogen-bond acceptors (Lipinski definition) is 4. The number of aryl methyl sites for hydroxylation is 1. The first-order valence-electron chi connectivity index (χ1n) is 7.07. The van der Waals surface area contributed by atoms with E-state index in [9.17, 15) is 18.0 Å². The summed E-state index contributed by atoms with van der Waals surface area (Å²) in [6.45, 7) is 8.14. The third-order valence-electron chi connectivity index (χ3n) is 2.80. The fraction of sp³-hybridized carbons (Fsp3) is 0.176. The van der Waals surface area contributed by atoms with Crippen LogP contribution in [0.5, 0.6) is 5.75 Å². The maximum Gasteiger partial charge on any atom is 0.435 e. The number of halogens is 4. The van der Waals surface area contributed by atoms with Crippen LogP contribution in [0.2, 0.25) is 0 Å². The Morgan fingerprint density at radius 3 is 2.42 bits per heavy atom. The molecule has 1 aromatic heterocycles. The first-order chi connectivity index (χ1) is 12.1. The number of nitrogens with zero attached hydrogens (tertiary/aromatic N) is 1. The van der Waals surface area contributed by atoms with E-state index in [4.69, 9.17) is 4.74 Å². The van der Waals surface area contributed by atoms with Crippen LogP contribution in [0.4, 0.5) is 18.9 Å². The van der Waals surface area contributed by atoms with Crippen molar-refractivity contribution >= 4 is 38.9 Å². The summed E-state index contributed by atoms with van der Waals surface area (Å²) in [7, 11) is 1.48. The lowest BCUT2D eigenvalue weighted by atomic mass is 10.2. The van der Waals surface area contributed by atoms with Crippen LogP contribution in [-0.2, 0) is 6.18 Å². The summed E-state index contributed by atoms with van der Waals surface area (Å²) in [5, 5.41) is 2.61. The molecule has 0 bridgehead atoms. The monoisotopic (exact) mass is 448 g/mol. The highest BCUT2D eigenvalue weighted by Crippen LogP contribution is 2.35. The Bertz CT molecular complexity index is 798. The van der Waals surface area contributed by atoms with Crippen LogP contribution in [0, 0.1) is 6.92 Å². The van der Waals surface area contributed by atoms with Gasteiger partial charge in [-0.1, -0.05) is 25.3 Å². The van der Waals surface area contributed by atoms with Crippen molar-refractivity contribution in [2.24, 2.45) is 0 Å². The predicted octanol–water partition coefficient (Wildman–Crippen LogP) is 5.85. The van der Waals surface area contributed by atoms with Crippen LogP contribution in [0.15, 0.2) is 48.0 Å². The van der Waals surface area contributed by atoms with Gasteiger partial charge in [0.05, 0.1) is 17.8 Å². The minimum absolute atomic E-state index is 0.172. The number of anilines is 1. The lowest BCUT2D eigenvalue weighted by molar-refractivity contribution is -0.141. The molecule has 1 amide bonds. The van der Waals surface area contributed by atoms with Gasteiger partial charge in [0.15, 0.2) is 5.69 Å². The van der Waals surface area contributed by atoms with Gasteiger partial charge in [0, 0.05) is 4.47 Å². The second-order valence-corrected chi connectivity index (χ2v) is 6.74. The SMILES string of the molecule is C=CC=C.COc1ccc(NC(=O)c2sc(C)nc2C(F)(F)F)c(Br)c1. The van der Waals surface area contributed by atoms with Crippen molar-refractivity contribution in [3.8, 4) is 5.75 Å². The van der Waals surface area contributed by atoms with Crippen molar-refractivity contribution in [2.75, 3.05) is 12.4 Å². The molecular formula is C17H16BrF3N2O2S. The van der Waals surface area contributed by atoms with Crippen molar-refractivity contribution in [1.82, 2.24) is 4.98 Å². The Labute approximate surface area is 161 Å². The molecule has 4 nitrogen and oxygen atoms in total. The van der Waals surface area contributed by atoms with Gasteiger partial charge in [-0.25, -0.2) is 4.98 Å². The number of thiazole rings is 1. The molecule has 9 heteroatoms. The number of rotatable bonds is 4. The molecule has 0 spiro atoms. The van der Waals surface area contributed by atoms with E-state index in [-0.39, 0.29) is 5.01 Å². The van der Waals surface area contributed by atoms with Gasteiger partial charge in [0.25, 0.3) is 5.91 Å². The Balaban J connectivity index is 0.000000765. The van der Waals surface area contributed by atoms with E-state index < -0.39 is 22.7 Å². The highest BCUT2D eigenvalue weighted by atomic mass is 79.9. The number of carbonyl (C=O) groups is 1. The number of methoxy groups -OCH3 is 1. The van der Waals surface area contributed by atoms with E-state index in [1.165, 1.54) is 20.1 Å². The molecule has 0 fully saturated rings. The van der Waals surface area contributed by atoms with Gasteiger partial charge in [0.2, 0.25) is 0 Å². The quantitative estimate of drug-likeness (QED) is 0.596. The predicted molar refractivity (Wildman–Crippen MR) is 101 cm³/mol. The first-order valence-corrected chi connectivity index (χ1v) is 8.68. The van der Waals surface area contributed by atoms with Gasteiger partial charge in [-0.2, -0.15) is 13.2 Å². The molecule has 0 unspecified atom stereocenters. The van der Waals surface area contributed by atoms with Crippen molar-refractivity contribution < 1.29 is 22.7 Å². The third kappa shape index (κ3) is 5.99. The summed E-state index contributed by atoms with van der Waals surface area (Å²) in [5.41, 5.74) is -0.831. The van der Waals surface area contributed by atoms with Gasteiger partial charge in [-0.15, -0.1) is 11.3 Å². The van der Waals surface area contributed by atoms with Crippen molar-refractivity contribution in [3.05, 3.63) is 63.6 Å². The van der Waals surface area contributed by atoms with Crippen molar-refractivity contribution in [1.29, 1.82) is 0 Å². The molecule has 0 atom stereocenters. The van der Waals surface area contributed by atoms with Crippen LogP contribution in [-0.4, -0.2) is 18.0 Å². The summed E-state index contributed by atoms with van der Waals surface area (Å²) in [6, 6.07) is 4.71. The molecule has 26 heavy (non-hydrogen) atoms. The van der Waals surface area contributed by atoms with Gasteiger partial charge in [-0.3, -0.25) is 4.79 Å². The van der Waals surface area contributed by atoms with Crippen molar-refractivity contribution in [2.45, 2.75) is 13.1 Å². The lowest BCUT2D eigenvalue weighted by Gasteiger charge is -2.09. The van der Waals surface area contributed by atoms with Gasteiger partial charge < -0.3 is 10.1 Å². The highest BCUT2D eigenvalue weighted by molar-refractivity contribution is 9.10. The smallest absolute Gasteiger partial charge is 0.435 e. The number of allylic oxidation sites excluding steroid dienone is 2. The number of carbonyl (C=O) groups excluding carboxylic acids is 1. The van der Waals surface area contributed by atoms with E-state index in [0.29, 0.717) is 27.2 Å². The molecule has 0 aliphatic carbocycles. The molecule has 0 saturated heterocycles. The van der Waals surface area contributed by atoms with E-state index >= 15 is 0 Å². The number of alkyl halides is 3. The lowest BCUT2D eigenvalue weighted by Crippen LogP contribution is -2.17. The van der Waals surface area contributed by atoms with Crippen LogP contribution < -0.4 is 10.1 Å². The molecule has 2 rings (SSSR count). The average molecular weight is 449 g/mol. The standard InChI is InChI=1S/C13H10BrF3N2O2S.C4H6/c1-6-18-11(13(15,16)17)10(22-6)12(20)19-9-4-3-7(21-2)5-8(9)14;1-3-4-2/h3-5H,1-2H3,(H,19,20);3-4H,1-2H2. The van der Waals surface area contributed by atoms with Crippen LogP contribution in [0.25, 0.3) is 0 Å². The summed E-state index contributed by atoms with van der Waals surface area (Å²) >= 11 is 3.92. The number of hydrogen-bond donors (Lipinski definition) is 1. The Morgan fingerprint density at radius 2 is 1.96 bits per heavy atom. The van der Waals surface area contributed by atoms with Gasteiger partial charge in [0.1, 0.15) is 10.6 Å². The van der Waals surface area contributed by atoms with Crippen LogP contribution >= 0.6 is 27.3 Å². The van der Waals surface area contributed by atoms with E-state index in [0.717, 1.165) is 0 Å². The first kappa shape index (κ1) is 21.9. The largest absolute Gasteiger partial charge is 0.497 e. The molecular weight excluding hydrogens is 433 g/mol. The highest BCUT2D eigenvalue weighted by Gasteiger charge is 2.39. The minimum Gasteiger partial charge on any atom is -0.497 e. The topological polar surface area (TPSA) is 51.2 Å². The fourth-order valence-corrected chi connectivity index (χ4v) is 2.97. The zero-order valence-electron chi connectivity index (χ0n) is 14.0. The summed E-state index contributed by atoms with van der Waals surface area (Å²) in [6.07, 6.45) is -1.39. The van der Waals surface area contributed by atoms with Crippen LogP contribution in [0.1, 0.15) is 20.4 Å². The number of amides is 1. The molecule has 140 valence electrons. The number of ether oxygens (including phenoxy) is 1. The van der Waals surface area contributed by atoms with E-state index in [1.807, 2.05) is 0 Å². The zero-order chi connectivity index (χ0) is 19.9. The maximum absolute atomic E-state index is 12.9. The van der Waals surface area contributed by atoms with Crippen LogP contribution in [0.3, 0.4) is 0 Å². The molecule has 2 aromatic rings. The number of nitrogens with one attached hydrogen (secondary N) is 1. The van der Waals surface area contributed by atoms with Gasteiger partial charge in [-0.05, 0) is 41.1 Å². The summed E-state index contributed by atoms with van der Waals surface area (Å²) < 4.78 is 44.1. The van der Waals surface area contributed by atoms with E-state index in [1.54, 1.807) is 24.3 Å². The van der Waals surface area contributed by atoms with Gasteiger partial charge >= 0.3 is 6.18 Å². The minimum atomic E-state index is -4.67. The molecule has 1 aromatic carbocycles. The Morgan fingerprint density at radius 1 is 1.35 bits per heavy atom. The second kappa shape index (κ2) is 9.54. The van der Waals surface area contributed by atoms with Crippen molar-refractivity contribution in [3.63, 3.8) is 0 Å². The second-order valence-electron chi connectivity index (χ2n) is 4.68. The normalized spacial score (nSPS) is 10.4. The number of aromatic nitrogens is 1. The molecule has 0 saturated carbocycles. The Hall–Kier alpha value is -2.13. The third-order valence-corrected chi connectivity index (χ3v) is 4.43. The zero-order valence-corrected chi connectivity index (χ0v) is 16.4. The molecule has 1 N–H and O–H groups in total. The molecule has 0 aliphatic heterocycles. The Kier molecular flexibility index (Phi) is 8.04. The number of benzene rings is 1. The molecule has 0 radical (unpaired) electrons. The molecule has 1 heterocycles. The summed E-state index contributed by atoms with van der Waals surface area (Å²) in [5.74, 6) is -0.307. The maximum atomic E-state index is 12.9. The summed E-state index contributed by atoms with van der Waals surface area (Å²) in [4.78, 5) is 15.0. The fourth-order valence-electron chi connectivity index (χ4n) is 1.68.